The van der Waals surface area contributed by atoms with E-state index in [9.17, 15) is 28.0 Å². The van der Waals surface area contributed by atoms with Gasteiger partial charge in [0.05, 0.1) is 0 Å². The summed E-state index contributed by atoms with van der Waals surface area (Å²) in [4.78, 5) is 50.7. The van der Waals surface area contributed by atoms with E-state index in [4.69, 9.17) is 35.3 Å². The van der Waals surface area contributed by atoms with Gasteiger partial charge in [0.15, 0.2) is 0 Å². The molecular formula is C22H15B3ClF2N3O4. The second-order valence-corrected chi connectivity index (χ2v) is 8.73. The second kappa shape index (κ2) is 9.15. The van der Waals surface area contributed by atoms with E-state index in [1.54, 1.807) is 0 Å². The molecule has 0 saturated carbocycles. The highest BCUT2D eigenvalue weighted by atomic mass is 35.5. The van der Waals surface area contributed by atoms with Gasteiger partial charge in [0, 0.05) is 35.7 Å². The van der Waals surface area contributed by atoms with E-state index in [1.165, 1.54) is 23.1 Å². The van der Waals surface area contributed by atoms with Crippen LogP contribution in [0.1, 0.15) is 39.9 Å². The maximum Gasteiger partial charge on any atom is 0.348 e. The lowest BCUT2D eigenvalue weighted by Crippen LogP contribution is -2.52. The van der Waals surface area contributed by atoms with Crippen LogP contribution in [-0.4, -0.2) is 63.1 Å². The van der Waals surface area contributed by atoms with Gasteiger partial charge in [-0.3, -0.25) is 24.5 Å². The minimum Gasteiger partial charge on any atom is -0.387 e. The number of benzene rings is 2. The molecule has 4 amide bonds. The number of hydrogen-bond donors (Lipinski definition) is 1. The Hall–Kier alpha value is -3.14. The van der Waals surface area contributed by atoms with Crippen LogP contribution < -0.4 is 16.2 Å². The number of nitrogens with one attached hydrogen (secondary N) is 1. The molecule has 2 heterocycles. The quantitative estimate of drug-likeness (QED) is 0.468. The highest BCUT2D eigenvalue weighted by molar-refractivity contribution is 6.41. The average Bonchev–Trinajstić information content (AvgIpc) is 3.12. The van der Waals surface area contributed by atoms with Crippen LogP contribution in [0.5, 0.6) is 0 Å². The molecule has 172 valence electrons. The smallest absolute Gasteiger partial charge is 0.348 e. The molecule has 1 unspecified atom stereocenters. The first-order valence-corrected chi connectivity index (χ1v) is 10.8. The molecule has 0 aliphatic carbocycles. The fourth-order valence-electron chi connectivity index (χ4n) is 4.18. The van der Waals surface area contributed by atoms with E-state index in [2.05, 4.69) is 5.32 Å². The fourth-order valence-corrected chi connectivity index (χ4v) is 4.31. The molecule has 6 radical (unpaired) electrons. The van der Waals surface area contributed by atoms with Crippen LogP contribution >= 0.6 is 11.6 Å². The van der Waals surface area contributed by atoms with Crippen molar-refractivity contribution in [1.82, 2.24) is 15.0 Å². The summed E-state index contributed by atoms with van der Waals surface area (Å²) in [5.41, 5.74) is -0.0600. The minimum atomic E-state index is -3.95. The molecule has 13 heteroatoms. The zero-order chi connectivity index (χ0) is 25.7. The van der Waals surface area contributed by atoms with E-state index in [0.717, 1.165) is 12.1 Å². The summed E-state index contributed by atoms with van der Waals surface area (Å²) < 4.78 is 29.5. The number of hydrogen-bond acceptors (Lipinski definition) is 4. The van der Waals surface area contributed by atoms with Crippen LogP contribution in [0, 0.1) is 0 Å². The van der Waals surface area contributed by atoms with Crippen LogP contribution in [0.3, 0.4) is 0 Å². The van der Waals surface area contributed by atoms with Crippen molar-refractivity contribution in [2.45, 2.75) is 37.9 Å². The first kappa shape index (κ1) is 25.0. The number of nitrogens with zero attached hydrogens (tertiary/aromatic N) is 2. The molecule has 35 heavy (non-hydrogen) atoms. The number of carbonyl (C=O) groups excluding carboxylic acids is 4. The van der Waals surface area contributed by atoms with Gasteiger partial charge in [-0.1, -0.05) is 40.7 Å². The Kier molecular flexibility index (Phi) is 6.53. The van der Waals surface area contributed by atoms with Gasteiger partial charge in [0.25, 0.3) is 11.8 Å². The Morgan fingerprint density at radius 1 is 1.20 bits per heavy atom. The summed E-state index contributed by atoms with van der Waals surface area (Å²) in [6.07, 6.45) is 0.225. The average molecular weight is 491 g/mol. The number of amides is 4. The molecule has 2 aromatic carbocycles. The first-order valence-electron chi connectivity index (χ1n) is 10.5. The van der Waals surface area contributed by atoms with E-state index < -0.39 is 47.7 Å². The van der Waals surface area contributed by atoms with Crippen LogP contribution in [0.4, 0.5) is 8.78 Å². The predicted molar refractivity (Wildman–Crippen MR) is 125 cm³/mol. The van der Waals surface area contributed by atoms with Crippen LogP contribution in [0.15, 0.2) is 30.3 Å². The van der Waals surface area contributed by atoms with Crippen LogP contribution in [0.2, 0.25) is 5.02 Å². The number of imide groups is 1. The predicted octanol–water partition coefficient (Wildman–Crippen LogP) is -0.107. The summed E-state index contributed by atoms with van der Waals surface area (Å²) in [7, 11) is 18.0. The van der Waals surface area contributed by atoms with Gasteiger partial charge in [-0.25, -0.2) is 0 Å². The molecule has 7 nitrogen and oxygen atoms in total. The van der Waals surface area contributed by atoms with Gasteiger partial charge in [-0.05, 0) is 29.7 Å². The Balaban J connectivity index is 1.57. The van der Waals surface area contributed by atoms with Crippen molar-refractivity contribution in [2.75, 3.05) is 0 Å². The monoisotopic (exact) mass is 491 g/mol. The van der Waals surface area contributed by atoms with Crippen molar-refractivity contribution in [3.8, 4) is 0 Å². The van der Waals surface area contributed by atoms with Gasteiger partial charge >= 0.3 is 5.92 Å². The molecule has 0 bridgehead atoms. The summed E-state index contributed by atoms with van der Waals surface area (Å²) in [5.74, 6) is -7.17. The number of halogens is 3. The highest BCUT2D eigenvalue weighted by Gasteiger charge is 2.43. The molecule has 2 aliphatic heterocycles. The molecular weight excluding hydrogens is 476 g/mol. The SMILES string of the molecule is [B]c1cc2c(c([B])c1CN([B])C(=O)C(F)(F)c1ccc(Cl)cc1)CN(C1CCC(=O)NC1=O)C2=O. The molecule has 1 atom stereocenters. The number of rotatable bonds is 5. The minimum absolute atomic E-state index is 0.00111. The summed E-state index contributed by atoms with van der Waals surface area (Å²) in [5, 5.41) is 2.42. The van der Waals surface area contributed by atoms with Crippen LogP contribution in [0.25, 0.3) is 0 Å². The van der Waals surface area contributed by atoms with Gasteiger partial charge in [0.2, 0.25) is 19.8 Å². The third kappa shape index (κ3) is 4.47. The van der Waals surface area contributed by atoms with Crippen LogP contribution in [-0.2, 0) is 33.4 Å². The molecule has 1 saturated heterocycles. The van der Waals surface area contributed by atoms with Crippen molar-refractivity contribution in [3.63, 3.8) is 0 Å². The third-order valence-corrected chi connectivity index (χ3v) is 6.35. The number of piperidine rings is 1. The Morgan fingerprint density at radius 2 is 1.86 bits per heavy atom. The van der Waals surface area contributed by atoms with Crippen molar-refractivity contribution >= 4 is 69.8 Å². The number of carbonyl (C=O) groups is 4. The lowest BCUT2D eigenvalue weighted by Gasteiger charge is -2.29. The molecule has 4 rings (SSSR count). The zero-order valence-corrected chi connectivity index (χ0v) is 18.9. The van der Waals surface area contributed by atoms with Crippen molar-refractivity contribution in [2.24, 2.45) is 0 Å². The standard InChI is InChI=1S/C22H15B3ClF2N3O4/c23-15-7-12-13(8-30(20(12)34)16-5-6-17(32)29-19(16)33)18(24)14(15)9-31(25)21(35)22(27,28)10-1-3-11(26)4-2-10/h1-4,7,16H,5-6,8-9H2,(H,29,32,33). The van der Waals surface area contributed by atoms with E-state index in [1.807, 2.05) is 0 Å². The van der Waals surface area contributed by atoms with Gasteiger partial charge in [0.1, 0.15) is 21.7 Å². The normalized spacial score (nSPS) is 17.9. The highest BCUT2D eigenvalue weighted by Crippen LogP contribution is 2.31. The molecule has 1 fully saturated rings. The summed E-state index contributed by atoms with van der Waals surface area (Å²) >= 11 is 5.72. The lowest BCUT2D eigenvalue weighted by molar-refractivity contribution is -0.154. The van der Waals surface area contributed by atoms with E-state index in [-0.39, 0.29) is 46.5 Å². The van der Waals surface area contributed by atoms with Gasteiger partial charge in [-0.15, -0.1) is 0 Å². The summed E-state index contributed by atoms with van der Waals surface area (Å²) in [6.45, 7) is -0.613. The topological polar surface area (TPSA) is 86.8 Å². The maximum absolute atomic E-state index is 14.7. The Labute approximate surface area is 208 Å². The second-order valence-electron chi connectivity index (χ2n) is 8.30. The Morgan fingerprint density at radius 3 is 2.49 bits per heavy atom. The van der Waals surface area contributed by atoms with Crippen molar-refractivity contribution in [1.29, 1.82) is 0 Å². The van der Waals surface area contributed by atoms with E-state index >= 15 is 0 Å². The molecule has 2 aliphatic rings. The Bertz CT molecular complexity index is 1260. The van der Waals surface area contributed by atoms with E-state index in [0.29, 0.717) is 10.4 Å². The molecule has 2 aromatic rings. The molecule has 0 aromatic heterocycles. The van der Waals surface area contributed by atoms with Gasteiger partial charge in [-0.2, -0.15) is 8.78 Å². The maximum atomic E-state index is 14.7. The van der Waals surface area contributed by atoms with Crippen molar-refractivity contribution in [3.05, 3.63) is 57.6 Å². The zero-order valence-electron chi connectivity index (χ0n) is 18.2. The summed E-state index contributed by atoms with van der Waals surface area (Å²) in [6, 6.07) is 4.91. The van der Waals surface area contributed by atoms with Crippen molar-refractivity contribution < 1.29 is 28.0 Å². The number of alkyl halides is 2. The fraction of sp³-hybridized carbons (Fsp3) is 0.273. The lowest BCUT2D eigenvalue weighted by atomic mass is 9.76. The largest absolute Gasteiger partial charge is 0.387 e. The van der Waals surface area contributed by atoms with Gasteiger partial charge < -0.3 is 9.71 Å². The number of fused-ring (bicyclic) bond motifs is 1. The third-order valence-electron chi connectivity index (χ3n) is 6.09. The first-order chi connectivity index (χ1) is 16.4. The molecule has 1 N–H and O–H groups in total. The molecule has 0 spiro atoms.